The van der Waals surface area contributed by atoms with Gasteiger partial charge in [-0.2, -0.15) is 0 Å². The molecule has 2 aromatic rings. The smallest absolute Gasteiger partial charge is 0.118 e. The molecule has 0 bridgehead atoms. The standard InChI is InChI=1S/C17H23NO2/c1-14-5-4-6-16(11-14)12-18(9-10-19-3)13-17-8-7-15(2)20-17/h4-8,11H,9-10,12-13H2,1-3H3. The molecule has 1 heterocycles. The summed E-state index contributed by atoms with van der Waals surface area (Å²) in [6.07, 6.45) is 0. The average molecular weight is 273 g/mol. The Morgan fingerprint density at radius 3 is 2.60 bits per heavy atom. The van der Waals surface area contributed by atoms with E-state index in [-0.39, 0.29) is 0 Å². The molecule has 0 saturated carbocycles. The average Bonchev–Trinajstić information content (AvgIpc) is 2.81. The van der Waals surface area contributed by atoms with Crippen LogP contribution in [0.25, 0.3) is 0 Å². The summed E-state index contributed by atoms with van der Waals surface area (Å²) >= 11 is 0. The van der Waals surface area contributed by atoms with Gasteiger partial charge in [0.05, 0.1) is 13.2 Å². The van der Waals surface area contributed by atoms with Gasteiger partial charge in [-0.05, 0) is 31.5 Å². The van der Waals surface area contributed by atoms with Crippen LogP contribution in [0.2, 0.25) is 0 Å². The van der Waals surface area contributed by atoms with Crippen molar-refractivity contribution >= 4 is 0 Å². The molecule has 0 radical (unpaired) electrons. The van der Waals surface area contributed by atoms with Gasteiger partial charge in [-0.3, -0.25) is 4.90 Å². The van der Waals surface area contributed by atoms with E-state index in [2.05, 4.69) is 36.1 Å². The Bertz CT molecular complexity index is 533. The first-order valence-electron chi connectivity index (χ1n) is 6.99. The highest BCUT2D eigenvalue weighted by Crippen LogP contribution is 2.13. The Hall–Kier alpha value is -1.58. The van der Waals surface area contributed by atoms with E-state index in [0.29, 0.717) is 0 Å². The summed E-state index contributed by atoms with van der Waals surface area (Å²) in [5.74, 6) is 1.97. The number of nitrogens with zero attached hydrogens (tertiary/aromatic N) is 1. The van der Waals surface area contributed by atoms with Crippen molar-refractivity contribution in [2.45, 2.75) is 26.9 Å². The molecular formula is C17H23NO2. The molecule has 0 fully saturated rings. The molecule has 0 aliphatic carbocycles. The number of ether oxygens (including phenoxy) is 1. The molecule has 3 nitrogen and oxygen atoms in total. The van der Waals surface area contributed by atoms with E-state index in [1.165, 1.54) is 11.1 Å². The maximum Gasteiger partial charge on any atom is 0.118 e. The lowest BCUT2D eigenvalue weighted by Gasteiger charge is -2.21. The van der Waals surface area contributed by atoms with Gasteiger partial charge >= 0.3 is 0 Å². The highest BCUT2D eigenvalue weighted by molar-refractivity contribution is 5.22. The summed E-state index contributed by atoms with van der Waals surface area (Å²) in [4.78, 5) is 2.34. The van der Waals surface area contributed by atoms with E-state index in [9.17, 15) is 0 Å². The van der Waals surface area contributed by atoms with Crippen molar-refractivity contribution in [1.82, 2.24) is 4.90 Å². The van der Waals surface area contributed by atoms with Crippen molar-refractivity contribution < 1.29 is 9.15 Å². The third-order valence-electron chi connectivity index (χ3n) is 3.28. The summed E-state index contributed by atoms with van der Waals surface area (Å²) in [6.45, 7) is 7.44. The van der Waals surface area contributed by atoms with E-state index in [4.69, 9.17) is 9.15 Å². The van der Waals surface area contributed by atoms with Crippen molar-refractivity contribution in [3.8, 4) is 0 Å². The maximum atomic E-state index is 5.67. The number of rotatable bonds is 7. The van der Waals surface area contributed by atoms with Crippen LogP contribution >= 0.6 is 0 Å². The maximum absolute atomic E-state index is 5.67. The van der Waals surface area contributed by atoms with Crippen LogP contribution in [-0.2, 0) is 17.8 Å². The highest BCUT2D eigenvalue weighted by Gasteiger charge is 2.09. The van der Waals surface area contributed by atoms with Gasteiger partial charge in [-0.1, -0.05) is 29.8 Å². The van der Waals surface area contributed by atoms with Crippen LogP contribution in [-0.4, -0.2) is 25.2 Å². The Morgan fingerprint density at radius 1 is 1.10 bits per heavy atom. The second-order valence-electron chi connectivity index (χ2n) is 5.20. The second-order valence-corrected chi connectivity index (χ2v) is 5.20. The fourth-order valence-corrected chi connectivity index (χ4v) is 2.29. The lowest BCUT2D eigenvalue weighted by Crippen LogP contribution is -2.26. The topological polar surface area (TPSA) is 25.6 Å². The SMILES string of the molecule is COCCN(Cc1cccc(C)c1)Cc1ccc(C)o1. The summed E-state index contributed by atoms with van der Waals surface area (Å²) in [6, 6.07) is 12.7. The third-order valence-corrected chi connectivity index (χ3v) is 3.28. The summed E-state index contributed by atoms with van der Waals surface area (Å²) in [5.41, 5.74) is 2.62. The molecule has 0 aliphatic rings. The summed E-state index contributed by atoms with van der Waals surface area (Å²) < 4.78 is 10.9. The molecule has 108 valence electrons. The number of aryl methyl sites for hydroxylation is 2. The van der Waals surface area contributed by atoms with E-state index < -0.39 is 0 Å². The van der Waals surface area contributed by atoms with Gasteiger partial charge in [-0.15, -0.1) is 0 Å². The minimum absolute atomic E-state index is 0.728. The Morgan fingerprint density at radius 2 is 1.95 bits per heavy atom. The molecule has 0 N–H and O–H groups in total. The van der Waals surface area contributed by atoms with E-state index >= 15 is 0 Å². The van der Waals surface area contributed by atoms with Crippen molar-refractivity contribution in [2.75, 3.05) is 20.3 Å². The monoisotopic (exact) mass is 273 g/mol. The van der Waals surface area contributed by atoms with Gasteiger partial charge in [0.25, 0.3) is 0 Å². The number of methoxy groups -OCH3 is 1. The number of hydrogen-bond donors (Lipinski definition) is 0. The zero-order chi connectivity index (χ0) is 14.4. The number of hydrogen-bond acceptors (Lipinski definition) is 3. The highest BCUT2D eigenvalue weighted by atomic mass is 16.5. The molecule has 20 heavy (non-hydrogen) atoms. The van der Waals surface area contributed by atoms with Crippen molar-refractivity contribution in [3.05, 3.63) is 59.0 Å². The minimum Gasteiger partial charge on any atom is -0.465 e. The zero-order valence-electron chi connectivity index (χ0n) is 12.6. The normalized spacial score (nSPS) is 11.2. The molecule has 0 spiro atoms. The zero-order valence-corrected chi connectivity index (χ0v) is 12.6. The number of furan rings is 1. The molecule has 0 aliphatic heterocycles. The molecule has 0 atom stereocenters. The first-order chi connectivity index (χ1) is 9.67. The molecule has 1 aromatic carbocycles. The van der Waals surface area contributed by atoms with Crippen LogP contribution in [0, 0.1) is 13.8 Å². The van der Waals surface area contributed by atoms with Crippen LogP contribution in [0.5, 0.6) is 0 Å². The lowest BCUT2D eigenvalue weighted by molar-refractivity contribution is 0.135. The predicted octanol–water partition coefficient (Wildman–Crippen LogP) is 3.55. The minimum atomic E-state index is 0.728. The van der Waals surface area contributed by atoms with Crippen LogP contribution in [0.3, 0.4) is 0 Å². The Labute approximate surface area is 121 Å². The molecule has 0 amide bonds. The Kier molecular flexibility index (Phi) is 5.39. The van der Waals surface area contributed by atoms with Gasteiger partial charge in [0.15, 0.2) is 0 Å². The first-order valence-corrected chi connectivity index (χ1v) is 6.99. The molecule has 3 heteroatoms. The van der Waals surface area contributed by atoms with Crippen LogP contribution in [0.4, 0.5) is 0 Å². The van der Waals surface area contributed by atoms with Gasteiger partial charge in [0.2, 0.25) is 0 Å². The van der Waals surface area contributed by atoms with E-state index in [1.54, 1.807) is 7.11 Å². The Balaban J connectivity index is 2.02. The molecule has 1 aromatic heterocycles. The van der Waals surface area contributed by atoms with Crippen LogP contribution in [0.1, 0.15) is 22.6 Å². The van der Waals surface area contributed by atoms with Gasteiger partial charge in [-0.25, -0.2) is 0 Å². The molecule has 0 unspecified atom stereocenters. The summed E-state index contributed by atoms with van der Waals surface area (Å²) in [5, 5.41) is 0. The first kappa shape index (κ1) is 14.8. The summed E-state index contributed by atoms with van der Waals surface area (Å²) in [7, 11) is 1.74. The van der Waals surface area contributed by atoms with Crippen molar-refractivity contribution in [1.29, 1.82) is 0 Å². The van der Waals surface area contributed by atoms with Gasteiger partial charge < -0.3 is 9.15 Å². The quantitative estimate of drug-likeness (QED) is 0.771. The van der Waals surface area contributed by atoms with Gasteiger partial charge in [0, 0.05) is 20.2 Å². The van der Waals surface area contributed by atoms with E-state index in [0.717, 1.165) is 37.8 Å². The molecule has 0 saturated heterocycles. The largest absolute Gasteiger partial charge is 0.465 e. The van der Waals surface area contributed by atoms with Crippen LogP contribution in [0.15, 0.2) is 40.8 Å². The molecular weight excluding hydrogens is 250 g/mol. The van der Waals surface area contributed by atoms with Gasteiger partial charge in [0.1, 0.15) is 11.5 Å². The van der Waals surface area contributed by atoms with Crippen LogP contribution < -0.4 is 0 Å². The fourth-order valence-electron chi connectivity index (χ4n) is 2.29. The van der Waals surface area contributed by atoms with Crippen molar-refractivity contribution in [2.24, 2.45) is 0 Å². The van der Waals surface area contributed by atoms with E-state index in [1.807, 2.05) is 19.1 Å². The second kappa shape index (κ2) is 7.27. The van der Waals surface area contributed by atoms with Crippen molar-refractivity contribution in [3.63, 3.8) is 0 Å². The number of benzene rings is 1. The third kappa shape index (κ3) is 4.51. The fraction of sp³-hybridized carbons (Fsp3) is 0.412. The lowest BCUT2D eigenvalue weighted by atomic mass is 10.1. The predicted molar refractivity (Wildman–Crippen MR) is 80.6 cm³/mol. The molecule has 2 rings (SSSR count).